The molecule has 0 spiro atoms. The van der Waals surface area contributed by atoms with Gasteiger partial charge in [-0.15, -0.1) is 0 Å². The number of hydrogen-bond donors (Lipinski definition) is 1. The van der Waals surface area contributed by atoms with E-state index in [0.717, 1.165) is 18.8 Å². The van der Waals surface area contributed by atoms with Gasteiger partial charge in [-0.1, -0.05) is 32.6 Å². The highest BCUT2D eigenvalue weighted by atomic mass is 16.3. The molecule has 13 heavy (non-hydrogen) atoms. The predicted molar refractivity (Wildman–Crippen MR) is 54.5 cm³/mol. The molecule has 1 nitrogen and oxygen atoms in total. The summed E-state index contributed by atoms with van der Waals surface area (Å²) in [4.78, 5) is 0. The summed E-state index contributed by atoms with van der Waals surface area (Å²) in [7, 11) is 0. The van der Waals surface area contributed by atoms with Crippen LogP contribution < -0.4 is 0 Å². The normalized spacial score (nSPS) is 43.8. The van der Waals surface area contributed by atoms with E-state index in [1.54, 1.807) is 0 Å². The minimum atomic E-state index is -0.235. The van der Waals surface area contributed by atoms with Gasteiger partial charge in [-0.2, -0.15) is 0 Å². The van der Waals surface area contributed by atoms with Crippen LogP contribution in [0.3, 0.4) is 0 Å². The lowest BCUT2D eigenvalue weighted by Gasteiger charge is -2.54. The second kappa shape index (κ2) is 3.61. The molecule has 0 radical (unpaired) electrons. The van der Waals surface area contributed by atoms with Crippen LogP contribution in [0.5, 0.6) is 0 Å². The van der Waals surface area contributed by atoms with Gasteiger partial charge in [-0.3, -0.25) is 0 Å². The Morgan fingerprint density at radius 1 is 1.31 bits per heavy atom. The molecule has 2 saturated carbocycles. The maximum absolute atomic E-state index is 10.3. The van der Waals surface area contributed by atoms with Crippen molar-refractivity contribution in [1.82, 2.24) is 0 Å². The Bertz CT molecular complexity index is 174. The number of unbranched alkanes of at least 4 members (excludes halogenated alkanes) is 1. The van der Waals surface area contributed by atoms with Crippen LogP contribution in [0, 0.1) is 11.8 Å². The van der Waals surface area contributed by atoms with Crippen LogP contribution in [0.1, 0.15) is 58.3 Å². The molecule has 2 fully saturated rings. The fraction of sp³-hybridized carbons (Fsp3) is 1.00. The van der Waals surface area contributed by atoms with Crippen molar-refractivity contribution in [3.05, 3.63) is 0 Å². The summed E-state index contributed by atoms with van der Waals surface area (Å²) < 4.78 is 0. The van der Waals surface area contributed by atoms with Crippen LogP contribution >= 0.6 is 0 Å². The number of rotatable bonds is 3. The van der Waals surface area contributed by atoms with Gasteiger partial charge in [0, 0.05) is 0 Å². The van der Waals surface area contributed by atoms with E-state index >= 15 is 0 Å². The second-order valence-corrected chi connectivity index (χ2v) is 5.06. The highest BCUT2D eigenvalue weighted by molar-refractivity contribution is 5.03. The molecule has 1 unspecified atom stereocenters. The van der Waals surface area contributed by atoms with Crippen LogP contribution in [0.25, 0.3) is 0 Å². The zero-order valence-electron chi connectivity index (χ0n) is 8.76. The number of fused-ring (bicyclic) bond motifs is 1. The predicted octanol–water partition coefficient (Wildman–Crippen LogP) is 3.12. The Morgan fingerprint density at radius 3 is 2.77 bits per heavy atom. The minimum absolute atomic E-state index is 0.235. The molecule has 2 aliphatic carbocycles. The molecular weight excluding hydrogens is 160 g/mol. The van der Waals surface area contributed by atoms with Gasteiger partial charge < -0.3 is 5.11 Å². The Balaban J connectivity index is 1.87. The quantitative estimate of drug-likeness (QED) is 0.711. The first-order chi connectivity index (χ1) is 6.26. The van der Waals surface area contributed by atoms with E-state index in [1.165, 1.54) is 38.5 Å². The first-order valence-electron chi connectivity index (χ1n) is 5.98. The molecule has 1 heteroatoms. The Kier molecular flexibility index (Phi) is 2.64. The molecule has 0 bridgehead atoms. The molecule has 2 rings (SSSR count). The summed E-state index contributed by atoms with van der Waals surface area (Å²) in [5.41, 5.74) is -0.235. The molecule has 0 aromatic rings. The van der Waals surface area contributed by atoms with E-state index in [-0.39, 0.29) is 5.60 Å². The van der Waals surface area contributed by atoms with E-state index in [9.17, 15) is 5.11 Å². The SMILES string of the molecule is CCCCC1(O)C[C@@H]2CCCC[C@@H]21. The molecule has 0 aromatic carbocycles. The summed E-state index contributed by atoms with van der Waals surface area (Å²) in [6.45, 7) is 2.21. The largest absolute Gasteiger partial charge is 0.390 e. The first-order valence-corrected chi connectivity index (χ1v) is 5.98. The zero-order valence-corrected chi connectivity index (χ0v) is 8.76. The van der Waals surface area contributed by atoms with Gasteiger partial charge in [0.15, 0.2) is 0 Å². The molecule has 76 valence electrons. The third-order valence-electron chi connectivity index (χ3n) is 4.18. The van der Waals surface area contributed by atoms with Crippen molar-refractivity contribution in [2.75, 3.05) is 0 Å². The summed E-state index contributed by atoms with van der Waals surface area (Å²) in [5.74, 6) is 1.56. The molecule has 0 amide bonds. The van der Waals surface area contributed by atoms with Crippen LogP contribution in [-0.2, 0) is 0 Å². The maximum atomic E-state index is 10.3. The van der Waals surface area contributed by atoms with Gasteiger partial charge in [0.2, 0.25) is 0 Å². The summed E-state index contributed by atoms with van der Waals surface area (Å²) in [5, 5.41) is 10.3. The molecule has 2 aliphatic rings. The van der Waals surface area contributed by atoms with Crippen LogP contribution in [0.4, 0.5) is 0 Å². The molecule has 0 saturated heterocycles. The standard InChI is InChI=1S/C12H22O/c1-2-3-8-12(13)9-10-6-4-5-7-11(10)12/h10-11,13H,2-9H2,1H3/t10-,11-,12?/m0/s1. The highest BCUT2D eigenvalue weighted by Crippen LogP contribution is 2.53. The number of hydrogen-bond acceptors (Lipinski definition) is 1. The fourth-order valence-corrected chi connectivity index (χ4v) is 3.37. The highest BCUT2D eigenvalue weighted by Gasteiger charge is 2.51. The lowest BCUT2D eigenvalue weighted by atomic mass is 9.54. The number of aliphatic hydroxyl groups is 1. The summed E-state index contributed by atoms with van der Waals surface area (Å²) in [6.07, 6.45) is 10.0. The molecular formula is C12H22O. The molecule has 1 N–H and O–H groups in total. The summed E-state index contributed by atoms with van der Waals surface area (Å²) in [6, 6.07) is 0. The van der Waals surface area contributed by atoms with Crippen LogP contribution in [-0.4, -0.2) is 10.7 Å². The third-order valence-corrected chi connectivity index (χ3v) is 4.18. The van der Waals surface area contributed by atoms with Crippen molar-refractivity contribution in [2.24, 2.45) is 11.8 Å². The fourth-order valence-electron chi connectivity index (χ4n) is 3.37. The van der Waals surface area contributed by atoms with Crippen molar-refractivity contribution in [2.45, 2.75) is 63.9 Å². The van der Waals surface area contributed by atoms with Crippen molar-refractivity contribution in [1.29, 1.82) is 0 Å². The minimum Gasteiger partial charge on any atom is -0.390 e. The van der Waals surface area contributed by atoms with Crippen LogP contribution in [0.15, 0.2) is 0 Å². The smallest absolute Gasteiger partial charge is 0.0681 e. The average molecular weight is 182 g/mol. The van der Waals surface area contributed by atoms with Gasteiger partial charge in [0.05, 0.1) is 5.60 Å². The maximum Gasteiger partial charge on any atom is 0.0681 e. The zero-order chi connectivity index (χ0) is 9.31. The first kappa shape index (κ1) is 9.51. The van der Waals surface area contributed by atoms with Crippen molar-refractivity contribution >= 4 is 0 Å². The van der Waals surface area contributed by atoms with Crippen LogP contribution in [0.2, 0.25) is 0 Å². The van der Waals surface area contributed by atoms with Gasteiger partial charge in [-0.05, 0) is 37.5 Å². The van der Waals surface area contributed by atoms with E-state index in [1.807, 2.05) is 0 Å². The lowest BCUT2D eigenvalue weighted by molar-refractivity contribution is -0.159. The summed E-state index contributed by atoms with van der Waals surface area (Å²) >= 11 is 0. The van der Waals surface area contributed by atoms with Gasteiger partial charge >= 0.3 is 0 Å². The third kappa shape index (κ3) is 1.63. The second-order valence-electron chi connectivity index (χ2n) is 5.06. The topological polar surface area (TPSA) is 20.2 Å². The van der Waals surface area contributed by atoms with E-state index < -0.39 is 0 Å². The van der Waals surface area contributed by atoms with E-state index in [4.69, 9.17) is 0 Å². The lowest BCUT2D eigenvalue weighted by Crippen LogP contribution is -2.55. The van der Waals surface area contributed by atoms with Crippen molar-refractivity contribution in [3.63, 3.8) is 0 Å². The molecule has 0 aromatic heterocycles. The monoisotopic (exact) mass is 182 g/mol. The van der Waals surface area contributed by atoms with Crippen molar-refractivity contribution in [3.8, 4) is 0 Å². The van der Waals surface area contributed by atoms with Gasteiger partial charge in [0.1, 0.15) is 0 Å². The Labute approximate surface area is 81.5 Å². The van der Waals surface area contributed by atoms with Gasteiger partial charge in [0.25, 0.3) is 0 Å². The van der Waals surface area contributed by atoms with E-state index in [0.29, 0.717) is 5.92 Å². The Morgan fingerprint density at radius 2 is 2.08 bits per heavy atom. The van der Waals surface area contributed by atoms with Crippen molar-refractivity contribution < 1.29 is 5.11 Å². The molecule has 0 heterocycles. The Hall–Kier alpha value is -0.0400. The molecule has 3 atom stereocenters. The van der Waals surface area contributed by atoms with E-state index in [2.05, 4.69) is 6.92 Å². The average Bonchev–Trinajstić information content (AvgIpc) is 2.13. The van der Waals surface area contributed by atoms with Gasteiger partial charge in [-0.25, -0.2) is 0 Å². The molecule has 0 aliphatic heterocycles.